The van der Waals surface area contributed by atoms with Gasteiger partial charge in [0.25, 0.3) is 5.91 Å². The Balaban J connectivity index is 1.56. The molecule has 2 fully saturated rings. The Morgan fingerprint density at radius 3 is 2.65 bits per heavy atom. The summed E-state index contributed by atoms with van der Waals surface area (Å²) in [7, 11) is 3.49. The highest BCUT2D eigenvalue weighted by atomic mass is 16.5. The summed E-state index contributed by atoms with van der Waals surface area (Å²) in [5.41, 5.74) is 2.01. The molecule has 0 atom stereocenters. The fourth-order valence-corrected chi connectivity index (χ4v) is 4.92. The minimum atomic E-state index is -0.381. The van der Waals surface area contributed by atoms with Gasteiger partial charge in [-0.3, -0.25) is 14.6 Å². The highest BCUT2D eigenvalue weighted by molar-refractivity contribution is 6.08. The van der Waals surface area contributed by atoms with Crippen LogP contribution in [0.2, 0.25) is 0 Å². The summed E-state index contributed by atoms with van der Waals surface area (Å²) < 4.78 is 5.78. The van der Waals surface area contributed by atoms with E-state index in [1.807, 2.05) is 33.0 Å². The molecule has 3 N–H and O–H groups in total. The maximum absolute atomic E-state index is 12.9. The van der Waals surface area contributed by atoms with Crippen molar-refractivity contribution in [1.29, 1.82) is 0 Å². The van der Waals surface area contributed by atoms with Gasteiger partial charge in [0.1, 0.15) is 23.4 Å². The number of hydrazone groups is 1. The molecule has 1 aromatic carbocycles. The molecular weight excluding hydrogens is 546 g/mol. The third-order valence-electron chi connectivity index (χ3n) is 7.68. The van der Waals surface area contributed by atoms with E-state index in [0.717, 1.165) is 43.1 Å². The van der Waals surface area contributed by atoms with Gasteiger partial charge in [0.2, 0.25) is 5.95 Å². The maximum atomic E-state index is 12.9. The number of carbonyl (C=O) groups excluding carboxylic acids is 2. The second-order valence-corrected chi connectivity index (χ2v) is 10.8. The van der Waals surface area contributed by atoms with Crippen molar-refractivity contribution in [2.24, 2.45) is 5.10 Å². The van der Waals surface area contributed by atoms with Crippen LogP contribution in [0.5, 0.6) is 5.75 Å². The molecule has 0 bridgehead atoms. The van der Waals surface area contributed by atoms with E-state index in [4.69, 9.17) is 4.74 Å². The zero-order valence-corrected chi connectivity index (χ0v) is 25.5. The van der Waals surface area contributed by atoms with Gasteiger partial charge in [0, 0.05) is 56.7 Å². The molecule has 4 rings (SSSR count). The zero-order chi connectivity index (χ0) is 30.8. The Labute approximate surface area is 253 Å². The first-order valence-corrected chi connectivity index (χ1v) is 14.7. The highest BCUT2D eigenvalue weighted by Gasteiger charge is 2.28. The van der Waals surface area contributed by atoms with E-state index in [-0.39, 0.29) is 35.8 Å². The number of nitrogens with one attached hydrogen (secondary N) is 3. The summed E-state index contributed by atoms with van der Waals surface area (Å²) in [5, 5.41) is 15.3. The topological polar surface area (TPSA) is 127 Å². The molecule has 0 unspecified atom stereocenters. The van der Waals surface area contributed by atoms with Crippen molar-refractivity contribution < 1.29 is 14.3 Å². The smallest absolute Gasteiger partial charge is 0.256 e. The van der Waals surface area contributed by atoms with Crippen LogP contribution in [0.15, 0.2) is 54.3 Å². The quantitative estimate of drug-likeness (QED) is 0.0796. The van der Waals surface area contributed by atoms with Gasteiger partial charge in [0.05, 0.1) is 12.8 Å². The number of aldehydes is 1. The molecule has 2 saturated heterocycles. The number of hydrogen-bond donors (Lipinski definition) is 3. The lowest BCUT2D eigenvalue weighted by molar-refractivity contribution is -0.104. The maximum Gasteiger partial charge on any atom is 0.256 e. The number of nitrogens with zero attached hydrogens (tertiary/aromatic N) is 6. The number of amides is 1. The second-order valence-electron chi connectivity index (χ2n) is 10.8. The summed E-state index contributed by atoms with van der Waals surface area (Å²) in [5.74, 6) is 1.20. The summed E-state index contributed by atoms with van der Waals surface area (Å²) in [4.78, 5) is 38.0. The van der Waals surface area contributed by atoms with Crippen molar-refractivity contribution in [1.82, 2.24) is 25.2 Å². The second kappa shape index (κ2) is 15.1. The summed E-state index contributed by atoms with van der Waals surface area (Å²) >= 11 is 0. The van der Waals surface area contributed by atoms with Crippen molar-refractivity contribution >= 4 is 41.2 Å². The van der Waals surface area contributed by atoms with Crippen molar-refractivity contribution in [2.45, 2.75) is 45.2 Å². The summed E-state index contributed by atoms with van der Waals surface area (Å²) in [6.07, 6.45) is 10.1. The molecule has 0 radical (unpaired) electrons. The first kappa shape index (κ1) is 31.5. The Morgan fingerprint density at radius 1 is 1.26 bits per heavy atom. The van der Waals surface area contributed by atoms with Crippen LogP contribution >= 0.6 is 0 Å². The van der Waals surface area contributed by atoms with Crippen molar-refractivity contribution in [2.75, 3.05) is 62.4 Å². The lowest BCUT2D eigenvalue weighted by Gasteiger charge is -2.43. The molecule has 43 heavy (non-hydrogen) atoms. The van der Waals surface area contributed by atoms with Crippen LogP contribution < -0.4 is 25.6 Å². The first-order valence-electron chi connectivity index (χ1n) is 14.7. The van der Waals surface area contributed by atoms with Gasteiger partial charge in [-0.1, -0.05) is 6.08 Å². The van der Waals surface area contributed by atoms with E-state index in [1.54, 1.807) is 18.2 Å². The van der Waals surface area contributed by atoms with Gasteiger partial charge in [-0.2, -0.15) is 10.1 Å². The van der Waals surface area contributed by atoms with Gasteiger partial charge in [-0.25, -0.2) is 4.98 Å². The first-order chi connectivity index (χ1) is 20.8. The molecule has 2 aliphatic rings. The number of aromatic nitrogens is 2. The molecule has 0 spiro atoms. The molecular formula is C31H43N9O3. The summed E-state index contributed by atoms with van der Waals surface area (Å²) in [6.45, 7) is 12.3. The van der Waals surface area contributed by atoms with Crippen molar-refractivity contribution in [3.05, 3.63) is 54.8 Å². The third-order valence-corrected chi connectivity index (χ3v) is 7.68. The fraction of sp³-hybridized carbons (Fsp3) is 0.452. The number of ether oxygens (including phenoxy) is 1. The SMILES string of the molecule is C=CCNC(=O)c1cnc(Nc2ccc(N3CCC(N4CCC4)CC3)c(OC)c2)nc1NC(/C=C\C=O)=N/N(C)C(C)C. The van der Waals surface area contributed by atoms with E-state index in [9.17, 15) is 9.59 Å². The van der Waals surface area contributed by atoms with E-state index in [1.165, 1.54) is 37.9 Å². The predicted molar refractivity (Wildman–Crippen MR) is 171 cm³/mol. The zero-order valence-electron chi connectivity index (χ0n) is 25.5. The molecule has 2 aliphatic heterocycles. The number of anilines is 4. The van der Waals surface area contributed by atoms with E-state index >= 15 is 0 Å². The normalized spacial score (nSPS) is 16.1. The van der Waals surface area contributed by atoms with Gasteiger partial charge in [-0.15, -0.1) is 6.58 Å². The van der Waals surface area contributed by atoms with Crippen LogP contribution in [0.4, 0.5) is 23.1 Å². The summed E-state index contributed by atoms with van der Waals surface area (Å²) in [6, 6.07) is 6.74. The molecule has 1 amide bonds. The Morgan fingerprint density at radius 2 is 2.02 bits per heavy atom. The largest absolute Gasteiger partial charge is 0.495 e. The lowest BCUT2D eigenvalue weighted by Crippen LogP contribution is -2.50. The molecule has 12 heteroatoms. The van der Waals surface area contributed by atoms with Crippen LogP contribution in [-0.2, 0) is 4.79 Å². The van der Waals surface area contributed by atoms with E-state index in [2.05, 4.69) is 53.5 Å². The Bertz CT molecular complexity index is 1330. The molecule has 0 saturated carbocycles. The lowest BCUT2D eigenvalue weighted by atomic mass is 9.99. The Hall–Kier alpha value is -4.45. The number of amidine groups is 1. The van der Waals surface area contributed by atoms with Crippen LogP contribution in [0.3, 0.4) is 0 Å². The fourth-order valence-electron chi connectivity index (χ4n) is 4.92. The van der Waals surface area contributed by atoms with Gasteiger partial charge in [0.15, 0.2) is 5.84 Å². The van der Waals surface area contributed by atoms with Gasteiger partial charge in [-0.05, 0) is 70.5 Å². The monoisotopic (exact) mass is 589 g/mol. The highest BCUT2D eigenvalue weighted by Crippen LogP contribution is 2.35. The van der Waals surface area contributed by atoms with Crippen LogP contribution in [0, 0.1) is 0 Å². The molecule has 12 nitrogen and oxygen atoms in total. The number of benzene rings is 1. The average Bonchev–Trinajstić information content (AvgIpc) is 2.98. The number of piperidine rings is 1. The predicted octanol–water partition coefficient (Wildman–Crippen LogP) is 3.64. The minimum absolute atomic E-state index is 0.101. The average molecular weight is 590 g/mol. The Kier molecular flexibility index (Phi) is 11.1. The number of allylic oxidation sites excluding steroid dienone is 1. The number of carbonyl (C=O) groups is 2. The number of hydrogen-bond acceptors (Lipinski definition) is 10. The molecule has 3 heterocycles. The van der Waals surface area contributed by atoms with E-state index < -0.39 is 0 Å². The third kappa shape index (κ3) is 8.31. The molecule has 1 aromatic heterocycles. The van der Waals surface area contributed by atoms with Crippen molar-refractivity contribution in [3.8, 4) is 5.75 Å². The van der Waals surface area contributed by atoms with Crippen LogP contribution in [0.25, 0.3) is 0 Å². The number of likely N-dealkylation sites (tertiary alicyclic amines) is 1. The number of methoxy groups -OCH3 is 1. The van der Waals surface area contributed by atoms with E-state index in [0.29, 0.717) is 18.2 Å². The van der Waals surface area contributed by atoms with Gasteiger partial charge >= 0.3 is 0 Å². The number of rotatable bonds is 13. The van der Waals surface area contributed by atoms with Gasteiger partial charge < -0.3 is 30.5 Å². The molecule has 230 valence electrons. The standard InChI is InChI=1S/C31H43N9O3/c1-6-14-32-30(42)25-21-33-31(36-29(25)35-28(9-7-19-41)37-38(4)22(2)3)34-23-10-11-26(27(20-23)43-5)40-17-12-24(13-18-40)39-15-8-16-39/h6-7,9-11,19-22,24H,1,8,12-18H2,2-5H3,(H,32,42)(H2,33,34,35,36,37)/b9-7-. The minimum Gasteiger partial charge on any atom is -0.495 e. The molecule has 2 aromatic rings. The van der Waals surface area contributed by atoms with Crippen LogP contribution in [-0.4, -0.2) is 96.9 Å². The molecule has 0 aliphatic carbocycles. The van der Waals surface area contributed by atoms with Crippen LogP contribution in [0.1, 0.15) is 43.5 Å². The van der Waals surface area contributed by atoms with Crippen molar-refractivity contribution in [3.63, 3.8) is 0 Å².